The van der Waals surface area contributed by atoms with Gasteiger partial charge in [0.1, 0.15) is 0 Å². The number of amides is 1. The minimum atomic E-state index is -3.97. The van der Waals surface area contributed by atoms with Gasteiger partial charge < -0.3 is 5.32 Å². The topological polar surface area (TPSA) is 121 Å². The third-order valence-corrected chi connectivity index (χ3v) is 9.54. The molecule has 0 aliphatic rings. The van der Waals surface area contributed by atoms with Gasteiger partial charge in [-0.05, 0) is 111 Å². The maximum Gasteiger partial charge on any atom is 0.262 e. The Kier molecular flexibility index (Phi) is 8.04. The first-order chi connectivity index (χ1) is 18.8. The molecule has 4 rings (SSSR count). The predicted octanol–water partition coefficient (Wildman–Crippen LogP) is 6.08. The molecule has 4 aromatic rings. The zero-order valence-corrected chi connectivity index (χ0v) is 24.5. The second kappa shape index (κ2) is 11.1. The van der Waals surface area contributed by atoms with E-state index in [4.69, 9.17) is 0 Å². The highest BCUT2D eigenvalue weighted by molar-refractivity contribution is 7.93. The number of hydrogen-bond acceptors (Lipinski definition) is 5. The molecule has 0 aliphatic carbocycles. The van der Waals surface area contributed by atoms with Crippen molar-refractivity contribution in [2.45, 2.75) is 44.4 Å². The Bertz CT molecular complexity index is 1820. The summed E-state index contributed by atoms with van der Waals surface area (Å²) in [7, 11) is -7.81. The van der Waals surface area contributed by atoms with Crippen molar-refractivity contribution < 1.29 is 21.6 Å². The quantitative estimate of drug-likeness (QED) is 0.234. The molecule has 0 aromatic heterocycles. The minimum Gasteiger partial charge on any atom is -0.322 e. The molecule has 8 nitrogen and oxygen atoms in total. The first-order valence-corrected chi connectivity index (χ1v) is 15.4. The molecule has 0 radical (unpaired) electrons. The lowest BCUT2D eigenvalue weighted by Gasteiger charge is -2.15. The summed E-state index contributed by atoms with van der Waals surface area (Å²) in [5, 5.41) is 2.70. The van der Waals surface area contributed by atoms with Crippen LogP contribution in [-0.4, -0.2) is 22.7 Å². The van der Waals surface area contributed by atoms with Crippen molar-refractivity contribution in [3.63, 3.8) is 0 Å². The summed E-state index contributed by atoms with van der Waals surface area (Å²) in [6.07, 6.45) is 0. The fourth-order valence-corrected chi connectivity index (χ4v) is 6.58. The molecule has 208 valence electrons. The highest BCUT2D eigenvalue weighted by atomic mass is 32.2. The highest BCUT2D eigenvalue weighted by Gasteiger charge is 2.21. The van der Waals surface area contributed by atoms with Crippen LogP contribution in [0.1, 0.15) is 38.2 Å². The Morgan fingerprint density at radius 2 is 1.27 bits per heavy atom. The molecular formula is C30H31N3O5S2. The largest absolute Gasteiger partial charge is 0.322 e. The van der Waals surface area contributed by atoms with Crippen LogP contribution in [0.4, 0.5) is 17.1 Å². The van der Waals surface area contributed by atoms with E-state index in [1.54, 1.807) is 31.2 Å². The van der Waals surface area contributed by atoms with Crippen LogP contribution < -0.4 is 14.8 Å². The summed E-state index contributed by atoms with van der Waals surface area (Å²) in [5.74, 6) is -0.535. The number of nitrogens with one attached hydrogen (secondary N) is 3. The molecular weight excluding hydrogens is 546 g/mol. The van der Waals surface area contributed by atoms with Gasteiger partial charge in [-0.3, -0.25) is 14.2 Å². The van der Waals surface area contributed by atoms with Gasteiger partial charge >= 0.3 is 0 Å². The van der Waals surface area contributed by atoms with E-state index < -0.39 is 26.0 Å². The number of anilines is 3. The number of carbonyl (C=O) groups excluding carboxylic acids is 1. The van der Waals surface area contributed by atoms with Gasteiger partial charge in [0.15, 0.2) is 0 Å². The number of benzene rings is 4. The molecule has 0 saturated heterocycles. The molecule has 0 aliphatic heterocycles. The van der Waals surface area contributed by atoms with Crippen LogP contribution in [0.15, 0.2) is 88.7 Å². The Morgan fingerprint density at radius 3 is 1.98 bits per heavy atom. The van der Waals surface area contributed by atoms with E-state index in [0.717, 1.165) is 22.3 Å². The van der Waals surface area contributed by atoms with Crippen LogP contribution in [0.25, 0.3) is 0 Å². The molecule has 0 unspecified atom stereocenters. The fraction of sp³-hybridized carbons (Fsp3) is 0.167. The van der Waals surface area contributed by atoms with Crippen molar-refractivity contribution in [2.24, 2.45) is 0 Å². The van der Waals surface area contributed by atoms with Gasteiger partial charge in [-0.2, -0.15) is 0 Å². The lowest BCUT2D eigenvalue weighted by atomic mass is 10.1. The number of rotatable bonds is 8. The standard InChI is InChI=1S/C30H31N3O5S2/c1-19-9-10-21(3)28(17-19)33-39(35,36)26-15-13-25(14-16-26)31-30(34)24-12-11-22(4)29(18-24)40(37,38)32-27-8-6-7-20(2)23(27)5/h6-18,32-33H,1-5H3,(H,31,34). The molecule has 3 N–H and O–H groups in total. The van der Waals surface area contributed by atoms with Crippen LogP contribution >= 0.6 is 0 Å². The number of carbonyl (C=O) groups is 1. The van der Waals surface area contributed by atoms with Crippen molar-refractivity contribution in [2.75, 3.05) is 14.8 Å². The summed E-state index contributed by atoms with van der Waals surface area (Å²) in [5.41, 5.74) is 5.43. The SMILES string of the molecule is Cc1ccc(C)c(NS(=O)(=O)c2ccc(NC(=O)c3ccc(C)c(S(=O)(=O)Nc4cccc(C)c4C)c3)cc2)c1. The van der Waals surface area contributed by atoms with Gasteiger partial charge in [-0.15, -0.1) is 0 Å². The molecule has 0 atom stereocenters. The van der Waals surface area contributed by atoms with Crippen LogP contribution in [0.2, 0.25) is 0 Å². The molecule has 4 aromatic carbocycles. The molecule has 1 amide bonds. The van der Waals surface area contributed by atoms with Crippen molar-refractivity contribution in [1.29, 1.82) is 0 Å². The monoisotopic (exact) mass is 577 g/mol. The van der Waals surface area contributed by atoms with Gasteiger partial charge in [-0.1, -0.05) is 30.3 Å². The smallest absolute Gasteiger partial charge is 0.262 e. The third kappa shape index (κ3) is 6.35. The van der Waals surface area contributed by atoms with Gasteiger partial charge in [0.05, 0.1) is 21.2 Å². The second-order valence-corrected chi connectivity index (χ2v) is 13.1. The fourth-order valence-electron chi connectivity index (χ4n) is 4.06. The van der Waals surface area contributed by atoms with Crippen molar-refractivity contribution >= 4 is 43.0 Å². The lowest BCUT2D eigenvalue weighted by molar-refractivity contribution is 0.102. The average molecular weight is 578 g/mol. The van der Waals surface area contributed by atoms with Gasteiger partial charge in [0.25, 0.3) is 26.0 Å². The van der Waals surface area contributed by atoms with E-state index in [1.807, 2.05) is 45.9 Å². The van der Waals surface area contributed by atoms with E-state index in [0.29, 0.717) is 22.6 Å². The molecule has 0 saturated carbocycles. The molecule has 10 heteroatoms. The molecule has 0 bridgehead atoms. The first-order valence-electron chi connectivity index (χ1n) is 12.5. The van der Waals surface area contributed by atoms with E-state index in [1.165, 1.54) is 36.4 Å². The minimum absolute atomic E-state index is 0.0139. The lowest BCUT2D eigenvalue weighted by Crippen LogP contribution is -2.18. The Balaban J connectivity index is 1.52. The van der Waals surface area contributed by atoms with Gasteiger partial charge in [0, 0.05) is 11.3 Å². The van der Waals surface area contributed by atoms with E-state index >= 15 is 0 Å². The van der Waals surface area contributed by atoms with Crippen LogP contribution in [0.5, 0.6) is 0 Å². The zero-order valence-electron chi connectivity index (χ0n) is 22.9. The van der Waals surface area contributed by atoms with Crippen LogP contribution in [0, 0.1) is 34.6 Å². The van der Waals surface area contributed by atoms with Crippen LogP contribution in [0.3, 0.4) is 0 Å². The van der Waals surface area contributed by atoms with Crippen molar-refractivity contribution in [3.8, 4) is 0 Å². The summed E-state index contributed by atoms with van der Waals surface area (Å²) in [6, 6.07) is 21.0. The van der Waals surface area contributed by atoms with E-state index in [2.05, 4.69) is 14.8 Å². The summed E-state index contributed by atoms with van der Waals surface area (Å²) in [6.45, 7) is 9.08. The van der Waals surface area contributed by atoms with Crippen LogP contribution in [-0.2, 0) is 20.0 Å². The molecule has 0 fully saturated rings. The molecule has 40 heavy (non-hydrogen) atoms. The molecule has 0 heterocycles. The van der Waals surface area contributed by atoms with E-state index in [-0.39, 0.29) is 15.4 Å². The third-order valence-electron chi connectivity index (χ3n) is 6.65. The zero-order chi connectivity index (χ0) is 29.2. The highest BCUT2D eigenvalue weighted by Crippen LogP contribution is 2.26. The van der Waals surface area contributed by atoms with Crippen molar-refractivity contribution in [1.82, 2.24) is 0 Å². The maximum atomic E-state index is 13.2. The number of hydrogen-bond donors (Lipinski definition) is 3. The van der Waals surface area contributed by atoms with Gasteiger partial charge in [0.2, 0.25) is 0 Å². The predicted molar refractivity (Wildman–Crippen MR) is 159 cm³/mol. The molecule has 0 spiro atoms. The summed E-state index contributed by atoms with van der Waals surface area (Å²) < 4.78 is 57.4. The normalized spacial score (nSPS) is 11.6. The Labute approximate surface area is 235 Å². The van der Waals surface area contributed by atoms with Crippen molar-refractivity contribution in [3.05, 3.63) is 112 Å². The second-order valence-electron chi connectivity index (χ2n) is 9.74. The Hall–Kier alpha value is -4.15. The average Bonchev–Trinajstić information content (AvgIpc) is 2.89. The maximum absolute atomic E-state index is 13.2. The summed E-state index contributed by atoms with van der Waals surface area (Å²) in [4.78, 5) is 13.0. The number of aryl methyl sites for hydroxylation is 4. The number of sulfonamides is 2. The first kappa shape index (κ1) is 28.8. The van der Waals surface area contributed by atoms with Gasteiger partial charge in [-0.25, -0.2) is 16.8 Å². The van der Waals surface area contributed by atoms with E-state index in [9.17, 15) is 21.6 Å². The Morgan fingerprint density at radius 1 is 0.625 bits per heavy atom. The summed E-state index contributed by atoms with van der Waals surface area (Å²) >= 11 is 0.